The van der Waals surface area contributed by atoms with Crippen molar-refractivity contribution in [1.29, 1.82) is 0 Å². The Labute approximate surface area is 109 Å². The number of primary amides is 1. The van der Waals surface area contributed by atoms with E-state index in [1.807, 2.05) is 6.92 Å². The molecule has 0 spiro atoms. The molecular weight excluding hydrogens is 284 g/mol. The molecule has 92 valence electrons. The summed E-state index contributed by atoms with van der Waals surface area (Å²) >= 11 is 3.29. The third-order valence-corrected chi connectivity index (χ3v) is 2.86. The Balaban J connectivity index is 2.70. The number of nitrogens with two attached hydrogens (primary N) is 1. The predicted octanol–water partition coefficient (Wildman–Crippen LogP) is 1.83. The predicted molar refractivity (Wildman–Crippen MR) is 69.5 cm³/mol. The molecule has 0 radical (unpaired) electrons. The number of hydrogen-bond donors (Lipinski definition) is 2. The summed E-state index contributed by atoms with van der Waals surface area (Å²) in [5.74, 6) is -0.785. The van der Waals surface area contributed by atoms with Crippen molar-refractivity contribution in [3.63, 3.8) is 0 Å². The van der Waals surface area contributed by atoms with Crippen LogP contribution < -0.4 is 11.1 Å². The lowest BCUT2D eigenvalue weighted by Crippen LogP contribution is -2.44. The van der Waals surface area contributed by atoms with Gasteiger partial charge in [-0.1, -0.05) is 29.3 Å². The van der Waals surface area contributed by atoms with Gasteiger partial charge in [-0.15, -0.1) is 0 Å². The highest BCUT2D eigenvalue weighted by Gasteiger charge is 2.17. The van der Waals surface area contributed by atoms with Crippen LogP contribution >= 0.6 is 15.9 Å². The molecule has 0 aliphatic carbocycles. The lowest BCUT2D eigenvalue weighted by molar-refractivity contribution is -0.120. The minimum Gasteiger partial charge on any atom is -0.368 e. The van der Waals surface area contributed by atoms with Crippen molar-refractivity contribution in [2.75, 3.05) is 0 Å². The summed E-state index contributed by atoms with van der Waals surface area (Å²) in [6.45, 7) is 1.93. The molecule has 5 heteroatoms. The molecule has 0 aromatic heterocycles. The molecule has 1 rings (SSSR count). The van der Waals surface area contributed by atoms with E-state index < -0.39 is 11.9 Å². The van der Waals surface area contributed by atoms with Gasteiger partial charge < -0.3 is 11.1 Å². The van der Waals surface area contributed by atoms with Crippen molar-refractivity contribution >= 4 is 27.7 Å². The first kappa shape index (κ1) is 13.7. The van der Waals surface area contributed by atoms with E-state index >= 15 is 0 Å². The van der Waals surface area contributed by atoms with E-state index in [4.69, 9.17) is 5.73 Å². The highest BCUT2D eigenvalue weighted by molar-refractivity contribution is 9.10. The molecule has 1 aromatic rings. The van der Waals surface area contributed by atoms with Gasteiger partial charge in [0, 0.05) is 10.0 Å². The number of amides is 2. The SMILES string of the molecule is CCCC(NC(=O)c1ccc(Br)cc1)C(N)=O. The van der Waals surface area contributed by atoms with Gasteiger partial charge >= 0.3 is 0 Å². The number of hydrogen-bond acceptors (Lipinski definition) is 2. The van der Waals surface area contributed by atoms with E-state index in [1.165, 1.54) is 0 Å². The van der Waals surface area contributed by atoms with Crippen LogP contribution in [0.15, 0.2) is 28.7 Å². The summed E-state index contributed by atoms with van der Waals surface area (Å²) in [6, 6.07) is 6.31. The van der Waals surface area contributed by atoms with Gasteiger partial charge in [0.05, 0.1) is 0 Å². The second kappa shape index (κ2) is 6.39. The minimum absolute atomic E-state index is 0.283. The molecule has 1 atom stereocenters. The number of rotatable bonds is 5. The molecule has 1 unspecified atom stereocenters. The molecule has 0 fully saturated rings. The smallest absolute Gasteiger partial charge is 0.251 e. The number of benzene rings is 1. The standard InChI is InChI=1S/C12H15BrN2O2/c1-2-3-10(11(14)16)15-12(17)8-4-6-9(13)7-5-8/h4-7,10H,2-3H2,1H3,(H2,14,16)(H,15,17). The number of nitrogens with one attached hydrogen (secondary N) is 1. The fraction of sp³-hybridized carbons (Fsp3) is 0.333. The van der Waals surface area contributed by atoms with Crippen LogP contribution in [0, 0.1) is 0 Å². The summed E-state index contributed by atoms with van der Waals surface area (Å²) in [4.78, 5) is 22.9. The van der Waals surface area contributed by atoms with Crippen LogP contribution in [-0.2, 0) is 4.79 Å². The average molecular weight is 299 g/mol. The van der Waals surface area contributed by atoms with Gasteiger partial charge in [-0.2, -0.15) is 0 Å². The molecule has 4 nitrogen and oxygen atoms in total. The van der Waals surface area contributed by atoms with Gasteiger partial charge in [-0.25, -0.2) is 0 Å². The van der Waals surface area contributed by atoms with Crippen molar-refractivity contribution in [3.05, 3.63) is 34.3 Å². The maximum Gasteiger partial charge on any atom is 0.251 e. The lowest BCUT2D eigenvalue weighted by Gasteiger charge is -2.14. The summed E-state index contributed by atoms with van der Waals surface area (Å²) < 4.78 is 0.897. The molecule has 1 aromatic carbocycles. The van der Waals surface area contributed by atoms with Gasteiger partial charge in [0.25, 0.3) is 5.91 Å². The molecule has 2 amide bonds. The van der Waals surface area contributed by atoms with Crippen LogP contribution in [0.5, 0.6) is 0 Å². The Kier molecular flexibility index (Phi) is 5.15. The number of carbonyl (C=O) groups excluding carboxylic acids is 2. The normalized spacial score (nSPS) is 11.9. The zero-order chi connectivity index (χ0) is 12.8. The van der Waals surface area contributed by atoms with Crippen LogP contribution in [0.4, 0.5) is 0 Å². The van der Waals surface area contributed by atoms with Gasteiger partial charge in [-0.3, -0.25) is 9.59 Å². The second-order valence-electron chi connectivity index (χ2n) is 3.72. The molecule has 0 bridgehead atoms. The highest BCUT2D eigenvalue weighted by atomic mass is 79.9. The first-order chi connectivity index (χ1) is 8.04. The Morgan fingerprint density at radius 2 is 1.94 bits per heavy atom. The molecular formula is C12H15BrN2O2. The topological polar surface area (TPSA) is 72.2 Å². The third-order valence-electron chi connectivity index (χ3n) is 2.33. The fourth-order valence-corrected chi connectivity index (χ4v) is 1.68. The van der Waals surface area contributed by atoms with E-state index in [0.29, 0.717) is 12.0 Å². The minimum atomic E-state index is -0.601. The van der Waals surface area contributed by atoms with Crippen molar-refractivity contribution < 1.29 is 9.59 Å². The number of carbonyl (C=O) groups is 2. The van der Waals surface area contributed by atoms with Crippen molar-refractivity contribution in [2.45, 2.75) is 25.8 Å². The third kappa shape index (κ3) is 4.19. The average Bonchev–Trinajstić information content (AvgIpc) is 2.29. The number of halogens is 1. The maximum absolute atomic E-state index is 11.8. The summed E-state index contributed by atoms with van der Waals surface area (Å²) in [6.07, 6.45) is 1.34. The molecule has 0 saturated carbocycles. The summed E-state index contributed by atoms with van der Waals surface area (Å²) in [5, 5.41) is 2.62. The largest absolute Gasteiger partial charge is 0.368 e. The van der Waals surface area contributed by atoms with Gasteiger partial charge in [-0.05, 0) is 30.7 Å². The maximum atomic E-state index is 11.8. The quantitative estimate of drug-likeness (QED) is 0.870. The van der Waals surface area contributed by atoms with E-state index in [0.717, 1.165) is 10.9 Å². The molecule has 17 heavy (non-hydrogen) atoms. The summed E-state index contributed by atoms with van der Waals surface area (Å²) in [7, 11) is 0. The molecule has 0 aliphatic rings. The van der Waals surface area contributed by atoms with Crippen molar-refractivity contribution in [3.8, 4) is 0 Å². The van der Waals surface area contributed by atoms with Crippen LogP contribution in [0.2, 0.25) is 0 Å². The van der Waals surface area contributed by atoms with E-state index in [9.17, 15) is 9.59 Å². The van der Waals surface area contributed by atoms with Crippen molar-refractivity contribution in [2.24, 2.45) is 5.73 Å². The summed E-state index contributed by atoms with van der Waals surface area (Å²) in [5.41, 5.74) is 5.72. The first-order valence-electron chi connectivity index (χ1n) is 5.40. The van der Waals surface area contributed by atoms with Crippen LogP contribution in [0.3, 0.4) is 0 Å². The first-order valence-corrected chi connectivity index (χ1v) is 6.19. The van der Waals surface area contributed by atoms with Crippen LogP contribution in [0.1, 0.15) is 30.1 Å². The van der Waals surface area contributed by atoms with Gasteiger partial charge in [0.1, 0.15) is 6.04 Å². The molecule has 0 aliphatic heterocycles. The van der Waals surface area contributed by atoms with Crippen LogP contribution in [-0.4, -0.2) is 17.9 Å². The van der Waals surface area contributed by atoms with E-state index in [-0.39, 0.29) is 5.91 Å². The fourth-order valence-electron chi connectivity index (χ4n) is 1.42. The highest BCUT2D eigenvalue weighted by Crippen LogP contribution is 2.10. The lowest BCUT2D eigenvalue weighted by atomic mass is 10.1. The Hall–Kier alpha value is -1.36. The molecule has 3 N–H and O–H groups in total. The Bertz CT molecular complexity index is 403. The monoisotopic (exact) mass is 298 g/mol. The van der Waals surface area contributed by atoms with Gasteiger partial charge in [0.15, 0.2) is 0 Å². The Morgan fingerprint density at radius 3 is 2.41 bits per heavy atom. The second-order valence-corrected chi connectivity index (χ2v) is 4.64. The van der Waals surface area contributed by atoms with Gasteiger partial charge in [0.2, 0.25) is 5.91 Å². The Morgan fingerprint density at radius 1 is 1.35 bits per heavy atom. The van der Waals surface area contributed by atoms with E-state index in [1.54, 1.807) is 24.3 Å². The van der Waals surface area contributed by atoms with E-state index in [2.05, 4.69) is 21.2 Å². The molecule has 0 heterocycles. The zero-order valence-electron chi connectivity index (χ0n) is 9.57. The zero-order valence-corrected chi connectivity index (χ0v) is 11.2. The molecule has 0 saturated heterocycles. The van der Waals surface area contributed by atoms with Crippen molar-refractivity contribution in [1.82, 2.24) is 5.32 Å². The van der Waals surface area contributed by atoms with Crippen LogP contribution in [0.25, 0.3) is 0 Å².